The van der Waals surface area contributed by atoms with E-state index < -0.39 is 0 Å². The quantitative estimate of drug-likeness (QED) is 0.682. The fourth-order valence-electron chi connectivity index (χ4n) is 2.64. The van der Waals surface area contributed by atoms with Crippen molar-refractivity contribution in [3.8, 4) is 11.5 Å². The number of halogens is 1. The molecule has 134 valence electrons. The molecule has 3 rings (SSSR count). The summed E-state index contributed by atoms with van der Waals surface area (Å²) < 4.78 is 11.3. The van der Waals surface area contributed by atoms with Gasteiger partial charge in [0.05, 0.1) is 12.1 Å². The van der Waals surface area contributed by atoms with Crippen LogP contribution in [0.4, 0.5) is 0 Å². The molecule has 26 heavy (non-hydrogen) atoms. The maximum atomic E-state index is 6.44. The Kier molecular flexibility index (Phi) is 6.04. The van der Waals surface area contributed by atoms with Gasteiger partial charge in [-0.25, -0.2) is 0 Å². The first-order chi connectivity index (χ1) is 12.7. The summed E-state index contributed by atoms with van der Waals surface area (Å²) in [5.41, 5.74) is 9.17. The molecule has 3 aromatic rings. The zero-order chi connectivity index (χ0) is 18.4. The Morgan fingerprint density at radius 2 is 1.85 bits per heavy atom. The van der Waals surface area contributed by atoms with Crippen molar-refractivity contribution in [1.29, 1.82) is 0 Å². The second kappa shape index (κ2) is 8.65. The second-order valence-corrected chi connectivity index (χ2v) is 6.26. The highest BCUT2D eigenvalue weighted by Gasteiger charge is 2.15. The van der Waals surface area contributed by atoms with Gasteiger partial charge in [0.25, 0.3) is 0 Å². The minimum absolute atomic E-state index is 0.174. The maximum absolute atomic E-state index is 6.44. The zero-order valence-electron chi connectivity index (χ0n) is 14.4. The van der Waals surface area contributed by atoms with Crippen molar-refractivity contribution in [1.82, 2.24) is 9.97 Å². The smallest absolute Gasteiger partial charge is 0.180 e. The summed E-state index contributed by atoms with van der Waals surface area (Å²) >= 11 is 6.44. The highest BCUT2D eigenvalue weighted by atomic mass is 35.5. The van der Waals surface area contributed by atoms with Gasteiger partial charge in [0.1, 0.15) is 6.61 Å². The molecule has 0 spiro atoms. The molecule has 1 atom stereocenters. The molecule has 0 fully saturated rings. The SMILES string of the molecule is COc1cc(CC(N)c2cccnc2)cc(Cl)c1OCc1cccnc1. The molecule has 0 radical (unpaired) electrons. The van der Waals surface area contributed by atoms with Gasteiger partial charge < -0.3 is 15.2 Å². The Morgan fingerprint density at radius 3 is 2.50 bits per heavy atom. The van der Waals surface area contributed by atoms with Crippen LogP contribution in [0.3, 0.4) is 0 Å². The molecule has 2 N–H and O–H groups in total. The van der Waals surface area contributed by atoms with E-state index in [-0.39, 0.29) is 6.04 Å². The number of methoxy groups -OCH3 is 1. The molecule has 0 saturated carbocycles. The van der Waals surface area contributed by atoms with Crippen LogP contribution in [0.1, 0.15) is 22.7 Å². The Hall–Kier alpha value is -2.63. The van der Waals surface area contributed by atoms with E-state index in [2.05, 4.69) is 9.97 Å². The molecular weight excluding hydrogens is 350 g/mol. The number of nitrogens with zero attached hydrogens (tertiary/aromatic N) is 2. The van der Waals surface area contributed by atoms with Gasteiger partial charge in [0.2, 0.25) is 0 Å². The molecule has 2 heterocycles. The van der Waals surface area contributed by atoms with Crippen LogP contribution in [0.5, 0.6) is 11.5 Å². The molecule has 0 aliphatic heterocycles. The van der Waals surface area contributed by atoms with Crippen molar-refractivity contribution in [2.24, 2.45) is 5.73 Å². The molecule has 5 nitrogen and oxygen atoms in total. The molecule has 0 amide bonds. The number of hydrogen-bond acceptors (Lipinski definition) is 5. The second-order valence-electron chi connectivity index (χ2n) is 5.86. The van der Waals surface area contributed by atoms with E-state index >= 15 is 0 Å². The minimum atomic E-state index is -0.174. The number of rotatable bonds is 7. The average molecular weight is 370 g/mol. The summed E-state index contributed by atoms with van der Waals surface area (Å²) in [7, 11) is 1.59. The molecule has 0 saturated heterocycles. The lowest BCUT2D eigenvalue weighted by Gasteiger charge is -2.16. The number of benzene rings is 1. The van der Waals surface area contributed by atoms with Gasteiger partial charge in [-0.2, -0.15) is 0 Å². The van der Waals surface area contributed by atoms with E-state index in [4.69, 9.17) is 26.8 Å². The summed E-state index contributed by atoms with van der Waals surface area (Å²) in [6, 6.07) is 11.2. The monoisotopic (exact) mass is 369 g/mol. The molecule has 6 heteroatoms. The van der Waals surface area contributed by atoms with Crippen LogP contribution in [0.2, 0.25) is 5.02 Å². The van der Waals surface area contributed by atoms with Crippen LogP contribution in [-0.2, 0) is 13.0 Å². The molecular formula is C20H20ClN3O2. The standard InChI is InChI=1S/C20H20ClN3O2/c1-25-19-10-15(9-18(22)16-5-3-7-24-12-16)8-17(21)20(19)26-13-14-4-2-6-23-11-14/h2-8,10-12,18H,9,13,22H2,1H3. The Labute approximate surface area is 157 Å². The third-order valence-corrected chi connectivity index (χ3v) is 4.24. The lowest BCUT2D eigenvalue weighted by atomic mass is 10.0. The topological polar surface area (TPSA) is 70.3 Å². The van der Waals surface area contributed by atoms with E-state index in [0.717, 1.165) is 16.7 Å². The Morgan fingerprint density at radius 1 is 1.08 bits per heavy atom. The van der Waals surface area contributed by atoms with Gasteiger partial charge in [0.15, 0.2) is 11.5 Å². The molecule has 1 aromatic carbocycles. The van der Waals surface area contributed by atoms with Crippen molar-refractivity contribution in [3.63, 3.8) is 0 Å². The van der Waals surface area contributed by atoms with Crippen molar-refractivity contribution >= 4 is 11.6 Å². The van der Waals surface area contributed by atoms with Gasteiger partial charge in [0, 0.05) is 36.4 Å². The summed E-state index contributed by atoms with van der Waals surface area (Å²) in [5.74, 6) is 1.09. The van der Waals surface area contributed by atoms with Crippen LogP contribution in [-0.4, -0.2) is 17.1 Å². The third kappa shape index (κ3) is 4.50. The van der Waals surface area contributed by atoms with Gasteiger partial charge in [-0.1, -0.05) is 23.7 Å². The van der Waals surface area contributed by atoms with E-state index in [0.29, 0.717) is 29.5 Å². The number of hydrogen-bond donors (Lipinski definition) is 1. The van der Waals surface area contributed by atoms with Crippen LogP contribution < -0.4 is 15.2 Å². The van der Waals surface area contributed by atoms with E-state index in [1.807, 2.05) is 36.4 Å². The maximum Gasteiger partial charge on any atom is 0.180 e. The first-order valence-electron chi connectivity index (χ1n) is 8.21. The van der Waals surface area contributed by atoms with E-state index in [1.54, 1.807) is 31.9 Å². The van der Waals surface area contributed by atoms with Crippen molar-refractivity contribution in [2.45, 2.75) is 19.1 Å². The zero-order valence-corrected chi connectivity index (χ0v) is 15.2. The fourth-order valence-corrected chi connectivity index (χ4v) is 2.93. The predicted octanol–water partition coefficient (Wildman–Crippen LogP) is 3.96. The van der Waals surface area contributed by atoms with Crippen LogP contribution in [0.25, 0.3) is 0 Å². The van der Waals surface area contributed by atoms with Gasteiger partial charge >= 0.3 is 0 Å². The third-order valence-electron chi connectivity index (χ3n) is 3.96. The molecule has 0 bridgehead atoms. The Bertz CT molecular complexity index is 844. The predicted molar refractivity (Wildman–Crippen MR) is 101 cm³/mol. The normalized spacial score (nSPS) is 11.8. The number of pyridine rings is 2. The van der Waals surface area contributed by atoms with Gasteiger partial charge in [-0.3, -0.25) is 9.97 Å². The highest BCUT2D eigenvalue weighted by Crippen LogP contribution is 2.37. The minimum Gasteiger partial charge on any atom is -0.493 e. The van der Waals surface area contributed by atoms with Gasteiger partial charge in [-0.05, 0) is 41.8 Å². The number of nitrogens with two attached hydrogens (primary N) is 1. The van der Waals surface area contributed by atoms with Crippen molar-refractivity contribution in [3.05, 3.63) is 82.9 Å². The van der Waals surface area contributed by atoms with Crippen molar-refractivity contribution < 1.29 is 9.47 Å². The van der Waals surface area contributed by atoms with Crippen LogP contribution in [0, 0.1) is 0 Å². The molecule has 1 unspecified atom stereocenters. The lowest BCUT2D eigenvalue weighted by Crippen LogP contribution is -2.13. The van der Waals surface area contributed by atoms with E-state index in [9.17, 15) is 0 Å². The molecule has 0 aliphatic carbocycles. The van der Waals surface area contributed by atoms with Crippen LogP contribution in [0.15, 0.2) is 61.2 Å². The van der Waals surface area contributed by atoms with Gasteiger partial charge in [-0.15, -0.1) is 0 Å². The molecule has 0 aliphatic rings. The summed E-state index contributed by atoms with van der Waals surface area (Å²) in [6.07, 6.45) is 7.59. The first-order valence-corrected chi connectivity index (χ1v) is 8.59. The van der Waals surface area contributed by atoms with Crippen molar-refractivity contribution in [2.75, 3.05) is 7.11 Å². The highest BCUT2D eigenvalue weighted by molar-refractivity contribution is 6.32. The molecule has 2 aromatic heterocycles. The van der Waals surface area contributed by atoms with Crippen LogP contribution >= 0.6 is 11.6 Å². The summed E-state index contributed by atoms with van der Waals surface area (Å²) in [6.45, 7) is 0.360. The summed E-state index contributed by atoms with van der Waals surface area (Å²) in [5, 5.41) is 0.488. The Balaban J connectivity index is 1.76. The lowest BCUT2D eigenvalue weighted by molar-refractivity contribution is 0.284. The van der Waals surface area contributed by atoms with E-state index in [1.165, 1.54) is 0 Å². The summed E-state index contributed by atoms with van der Waals surface area (Å²) in [4.78, 5) is 8.18. The number of ether oxygens (including phenoxy) is 2. The average Bonchev–Trinajstić information content (AvgIpc) is 2.68. The largest absolute Gasteiger partial charge is 0.493 e. The first kappa shape index (κ1) is 18.2. The fraction of sp³-hybridized carbons (Fsp3) is 0.200. The number of aromatic nitrogens is 2.